The van der Waals surface area contributed by atoms with Crippen molar-refractivity contribution in [2.45, 2.75) is 64.8 Å². The molecule has 2 aliphatic heterocycles. The third-order valence-corrected chi connectivity index (χ3v) is 7.02. The van der Waals surface area contributed by atoms with E-state index in [-0.39, 0.29) is 30.3 Å². The van der Waals surface area contributed by atoms with Gasteiger partial charge in [-0.1, -0.05) is 81.4 Å². The van der Waals surface area contributed by atoms with Gasteiger partial charge in [0, 0.05) is 17.9 Å². The van der Waals surface area contributed by atoms with E-state index in [9.17, 15) is 4.79 Å². The predicted octanol–water partition coefficient (Wildman–Crippen LogP) is 4.93. The quantitative estimate of drug-likeness (QED) is 0.547. The lowest BCUT2D eigenvalue weighted by atomic mass is 9.74. The molecule has 1 spiro atoms. The molecule has 0 aromatic heterocycles. The molecule has 32 heavy (non-hydrogen) atoms. The molecule has 4 rings (SSSR count). The first-order valence-electron chi connectivity index (χ1n) is 11.5. The van der Waals surface area contributed by atoms with Crippen LogP contribution in [0.4, 0.5) is 0 Å². The Morgan fingerprint density at radius 2 is 1.59 bits per heavy atom. The standard InChI is InChI=1S/C27H34O5/c1-20-23(28)16-27(32-24(20)14-15-29-17-21-10-6-4-7-11-21)26(2,3)25(19-31-27)30-18-22-12-8-5-9-13-22/h4-13,20,24-25H,14-19H2,1-3H3/t20-,24-,25-,27-/m1/s1. The summed E-state index contributed by atoms with van der Waals surface area (Å²) in [6.45, 7) is 8.13. The molecule has 5 heteroatoms. The molecule has 0 radical (unpaired) electrons. The van der Waals surface area contributed by atoms with E-state index >= 15 is 0 Å². The maximum atomic E-state index is 13.0. The molecule has 0 saturated carbocycles. The number of rotatable bonds is 8. The Labute approximate surface area is 191 Å². The van der Waals surface area contributed by atoms with Gasteiger partial charge in [-0.05, 0) is 17.5 Å². The van der Waals surface area contributed by atoms with E-state index < -0.39 is 11.2 Å². The second-order valence-corrected chi connectivity index (χ2v) is 9.49. The van der Waals surface area contributed by atoms with Crippen molar-refractivity contribution in [3.63, 3.8) is 0 Å². The Morgan fingerprint density at radius 1 is 0.969 bits per heavy atom. The highest BCUT2D eigenvalue weighted by Gasteiger charge is 2.62. The number of carbonyl (C=O) groups excluding carboxylic acids is 1. The van der Waals surface area contributed by atoms with Crippen LogP contribution in [-0.4, -0.2) is 37.0 Å². The van der Waals surface area contributed by atoms with Crippen molar-refractivity contribution in [2.24, 2.45) is 11.3 Å². The van der Waals surface area contributed by atoms with Gasteiger partial charge in [0.25, 0.3) is 0 Å². The largest absolute Gasteiger partial charge is 0.377 e. The molecule has 0 amide bonds. The van der Waals surface area contributed by atoms with Crippen LogP contribution in [-0.2, 0) is 37.0 Å². The Kier molecular flexibility index (Phi) is 7.11. The molecule has 5 nitrogen and oxygen atoms in total. The average Bonchev–Trinajstić information content (AvgIpc) is 3.03. The number of hydrogen-bond donors (Lipinski definition) is 0. The van der Waals surface area contributed by atoms with E-state index in [1.54, 1.807) is 0 Å². The van der Waals surface area contributed by atoms with Gasteiger partial charge in [0.05, 0.1) is 38.4 Å². The molecule has 172 valence electrons. The van der Waals surface area contributed by atoms with E-state index in [4.69, 9.17) is 18.9 Å². The van der Waals surface area contributed by atoms with Crippen LogP contribution in [0.3, 0.4) is 0 Å². The summed E-state index contributed by atoms with van der Waals surface area (Å²) in [7, 11) is 0. The van der Waals surface area contributed by atoms with Crippen LogP contribution < -0.4 is 0 Å². The minimum absolute atomic E-state index is 0.154. The normalized spacial score (nSPS) is 29.5. The zero-order valence-corrected chi connectivity index (χ0v) is 19.3. The van der Waals surface area contributed by atoms with Crippen LogP contribution in [0.15, 0.2) is 60.7 Å². The number of ether oxygens (including phenoxy) is 4. The maximum Gasteiger partial charge on any atom is 0.183 e. The van der Waals surface area contributed by atoms with Gasteiger partial charge >= 0.3 is 0 Å². The topological polar surface area (TPSA) is 54.0 Å². The lowest BCUT2D eigenvalue weighted by Gasteiger charge is -2.47. The zero-order chi connectivity index (χ0) is 22.6. The second kappa shape index (κ2) is 9.84. The van der Waals surface area contributed by atoms with Gasteiger partial charge in [-0.2, -0.15) is 0 Å². The maximum absolute atomic E-state index is 13.0. The Hall–Kier alpha value is -2.05. The van der Waals surface area contributed by atoms with Crippen molar-refractivity contribution in [3.05, 3.63) is 71.8 Å². The lowest BCUT2D eigenvalue weighted by Crippen LogP contribution is -2.57. The van der Waals surface area contributed by atoms with Crippen molar-refractivity contribution in [1.29, 1.82) is 0 Å². The first-order valence-corrected chi connectivity index (χ1v) is 11.5. The molecule has 2 saturated heterocycles. The third-order valence-electron chi connectivity index (χ3n) is 7.02. The van der Waals surface area contributed by atoms with Gasteiger partial charge in [-0.3, -0.25) is 4.79 Å². The van der Waals surface area contributed by atoms with Gasteiger partial charge < -0.3 is 18.9 Å². The van der Waals surface area contributed by atoms with Gasteiger partial charge in [-0.25, -0.2) is 0 Å². The van der Waals surface area contributed by atoms with Crippen LogP contribution in [0.1, 0.15) is 44.7 Å². The fraction of sp³-hybridized carbons (Fsp3) is 0.519. The summed E-state index contributed by atoms with van der Waals surface area (Å²) in [6, 6.07) is 20.2. The van der Waals surface area contributed by atoms with Crippen molar-refractivity contribution < 1.29 is 23.7 Å². The average molecular weight is 439 g/mol. The zero-order valence-electron chi connectivity index (χ0n) is 19.3. The van der Waals surface area contributed by atoms with Crippen LogP contribution in [0.25, 0.3) is 0 Å². The van der Waals surface area contributed by atoms with E-state index in [1.165, 1.54) is 0 Å². The summed E-state index contributed by atoms with van der Waals surface area (Å²) in [5, 5.41) is 0. The number of benzene rings is 2. The Balaban J connectivity index is 1.36. The number of carbonyl (C=O) groups is 1. The Bertz CT molecular complexity index is 881. The molecule has 4 atom stereocenters. The summed E-state index contributed by atoms with van der Waals surface area (Å²) in [4.78, 5) is 13.0. The predicted molar refractivity (Wildman–Crippen MR) is 122 cm³/mol. The van der Waals surface area contributed by atoms with Gasteiger partial charge in [0.15, 0.2) is 5.79 Å². The molecule has 0 aliphatic carbocycles. The van der Waals surface area contributed by atoms with Gasteiger partial charge in [0.1, 0.15) is 5.78 Å². The van der Waals surface area contributed by atoms with E-state index in [0.29, 0.717) is 32.8 Å². The molecule has 2 aliphatic rings. The molecule has 2 heterocycles. The molecule has 0 unspecified atom stereocenters. The summed E-state index contributed by atoms with van der Waals surface area (Å²) in [5.41, 5.74) is 1.80. The summed E-state index contributed by atoms with van der Waals surface area (Å²) in [5.74, 6) is -0.951. The van der Waals surface area contributed by atoms with E-state index in [0.717, 1.165) is 11.1 Å². The van der Waals surface area contributed by atoms with Crippen molar-refractivity contribution >= 4 is 5.78 Å². The SMILES string of the molecule is C[C@@H]1C(=O)C[C@@]2(OC[C@@H](OCc3ccccc3)C2(C)C)O[C@@H]1CCOCc1ccccc1. The molecular weight excluding hydrogens is 404 g/mol. The first kappa shape index (κ1) is 23.1. The Morgan fingerprint density at radius 3 is 2.25 bits per heavy atom. The number of hydrogen-bond acceptors (Lipinski definition) is 5. The van der Waals surface area contributed by atoms with Crippen LogP contribution in [0, 0.1) is 11.3 Å². The molecule has 2 aromatic rings. The number of Topliss-reactive ketones (excluding diaryl/α,β-unsaturated/α-hetero) is 1. The van der Waals surface area contributed by atoms with Crippen molar-refractivity contribution in [1.82, 2.24) is 0 Å². The second-order valence-electron chi connectivity index (χ2n) is 9.49. The molecule has 0 bridgehead atoms. The summed E-state index contributed by atoms with van der Waals surface area (Å²) in [6.07, 6.45) is 0.516. The summed E-state index contributed by atoms with van der Waals surface area (Å²) < 4.78 is 24.9. The van der Waals surface area contributed by atoms with Crippen LogP contribution >= 0.6 is 0 Å². The van der Waals surface area contributed by atoms with Gasteiger partial charge in [0.2, 0.25) is 0 Å². The van der Waals surface area contributed by atoms with Crippen molar-refractivity contribution in [2.75, 3.05) is 13.2 Å². The first-order chi connectivity index (χ1) is 15.4. The molecular formula is C27H34O5. The highest BCUT2D eigenvalue weighted by atomic mass is 16.7. The highest BCUT2D eigenvalue weighted by Crippen LogP contribution is 2.51. The minimum Gasteiger partial charge on any atom is -0.377 e. The molecule has 0 N–H and O–H groups in total. The minimum atomic E-state index is -0.956. The van der Waals surface area contributed by atoms with Crippen LogP contribution in [0.5, 0.6) is 0 Å². The number of ketones is 1. The van der Waals surface area contributed by atoms with Crippen LogP contribution in [0.2, 0.25) is 0 Å². The highest BCUT2D eigenvalue weighted by molar-refractivity contribution is 5.83. The molecule has 2 aromatic carbocycles. The fourth-order valence-electron chi connectivity index (χ4n) is 4.60. The van der Waals surface area contributed by atoms with Crippen molar-refractivity contribution in [3.8, 4) is 0 Å². The van der Waals surface area contributed by atoms with E-state index in [2.05, 4.69) is 13.8 Å². The van der Waals surface area contributed by atoms with E-state index in [1.807, 2.05) is 67.6 Å². The monoisotopic (exact) mass is 438 g/mol. The smallest absolute Gasteiger partial charge is 0.183 e. The fourth-order valence-corrected chi connectivity index (χ4v) is 4.60. The lowest BCUT2D eigenvalue weighted by molar-refractivity contribution is -0.297. The molecule has 2 fully saturated rings. The third kappa shape index (κ3) is 4.81. The summed E-state index contributed by atoms with van der Waals surface area (Å²) >= 11 is 0. The van der Waals surface area contributed by atoms with Gasteiger partial charge in [-0.15, -0.1) is 0 Å².